The van der Waals surface area contributed by atoms with Gasteiger partial charge in [-0.25, -0.2) is 8.42 Å². The molecule has 3 rings (SSSR count). The fraction of sp³-hybridized carbons (Fsp3) is 0.600. The van der Waals surface area contributed by atoms with Crippen molar-refractivity contribution in [1.29, 1.82) is 0 Å². The minimum absolute atomic E-state index is 0.178. The summed E-state index contributed by atoms with van der Waals surface area (Å²) in [6, 6.07) is -1.11. The van der Waals surface area contributed by atoms with Crippen LogP contribution in [0, 0.1) is 12.3 Å². The van der Waals surface area contributed by atoms with Crippen molar-refractivity contribution in [2.45, 2.75) is 43.5 Å². The van der Waals surface area contributed by atoms with Crippen LogP contribution < -0.4 is 5.73 Å². The number of hydrogen-bond acceptors (Lipinski definition) is 9. The van der Waals surface area contributed by atoms with Crippen LogP contribution in [-0.4, -0.2) is 58.1 Å². The summed E-state index contributed by atoms with van der Waals surface area (Å²) in [5, 5.41) is 7.59. The number of thioether (sulfide) groups is 1. The third kappa shape index (κ3) is 3.21. The van der Waals surface area contributed by atoms with Gasteiger partial charge in [-0.3, -0.25) is 14.5 Å². The van der Waals surface area contributed by atoms with E-state index in [1.165, 1.54) is 23.1 Å². The van der Waals surface area contributed by atoms with Gasteiger partial charge in [0.2, 0.25) is 5.91 Å². The van der Waals surface area contributed by atoms with Crippen LogP contribution in [0.3, 0.4) is 0 Å². The van der Waals surface area contributed by atoms with Crippen molar-refractivity contribution in [3.8, 4) is 0 Å². The molecule has 2 atom stereocenters. The molecule has 3 heterocycles. The number of ketones is 1. The molecule has 1 aromatic heterocycles. The van der Waals surface area contributed by atoms with Crippen molar-refractivity contribution in [3.05, 3.63) is 16.3 Å². The number of aryl methyl sites for hydroxylation is 1. The smallest absolute Gasteiger partial charge is 0.248 e. The van der Waals surface area contributed by atoms with E-state index in [0.717, 1.165) is 9.91 Å². The number of sulfone groups is 1. The third-order valence-electron chi connectivity index (χ3n) is 4.18. The fourth-order valence-electron chi connectivity index (χ4n) is 2.90. The van der Waals surface area contributed by atoms with Crippen LogP contribution in [0.4, 0.5) is 0 Å². The number of β-lactam (4-membered cyclic amide) rings is 1. The van der Waals surface area contributed by atoms with Crippen molar-refractivity contribution >= 4 is 44.6 Å². The molecule has 8 nitrogen and oxygen atoms in total. The molecule has 1 aromatic rings. The van der Waals surface area contributed by atoms with Gasteiger partial charge in [-0.15, -0.1) is 10.2 Å². The number of amides is 1. The molecule has 0 aromatic carbocycles. The zero-order valence-corrected chi connectivity index (χ0v) is 17.3. The Morgan fingerprint density at radius 3 is 2.58 bits per heavy atom. The molecule has 11 heteroatoms. The Labute approximate surface area is 160 Å². The molecule has 142 valence electrons. The molecule has 2 N–H and O–H groups in total. The molecule has 26 heavy (non-hydrogen) atoms. The van der Waals surface area contributed by atoms with Gasteiger partial charge in [0.15, 0.2) is 25.3 Å². The van der Waals surface area contributed by atoms with Gasteiger partial charge in [-0.2, -0.15) is 0 Å². The molecular formula is C15H20N4O4S3. The highest BCUT2D eigenvalue weighted by molar-refractivity contribution is 8.01. The lowest BCUT2D eigenvalue weighted by Gasteiger charge is -2.49. The summed E-state index contributed by atoms with van der Waals surface area (Å²) in [5.74, 6) is -0.824. The second-order valence-corrected chi connectivity index (χ2v) is 11.8. The van der Waals surface area contributed by atoms with Crippen LogP contribution in [0.5, 0.6) is 0 Å². The summed E-state index contributed by atoms with van der Waals surface area (Å²) < 4.78 is 25.9. The van der Waals surface area contributed by atoms with Crippen LogP contribution in [0.25, 0.3) is 0 Å². The predicted molar refractivity (Wildman–Crippen MR) is 99.3 cm³/mol. The van der Waals surface area contributed by atoms with E-state index in [1.807, 2.05) is 6.92 Å². The largest absolute Gasteiger partial charge is 0.317 e. The number of Topliss-reactive ketones (excluding diaryl/α,β-unsaturated/α-hetero) is 1. The number of carbonyl (C=O) groups is 2. The second-order valence-electron chi connectivity index (χ2n) is 7.34. The minimum Gasteiger partial charge on any atom is -0.317 e. The standard InChI is InChI=1S/C15H20N4O4S3/c1-7-17-18-14(25-7)24-5-8-6-26(22,23)13-9(16)12(21)19(13)10(8)11(20)15(2,3)4/h9,13H,5-6,16H2,1-4H3/t9?,13-/m1/s1. The SMILES string of the molecule is Cc1nnc(SCC2=C(C(=O)C(C)(C)C)N3C(=O)C(N)[C@H]3S(=O)(=O)C2)s1. The maximum atomic E-state index is 13.0. The first-order valence-electron chi connectivity index (χ1n) is 7.93. The highest BCUT2D eigenvalue weighted by Gasteiger charge is 2.58. The quantitative estimate of drug-likeness (QED) is 0.563. The van der Waals surface area contributed by atoms with Gasteiger partial charge >= 0.3 is 0 Å². The fourth-order valence-corrected chi connectivity index (χ4v) is 6.84. The summed E-state index contributed by atoms with van der Waals surface area (Å²) in [5.41, 5.74) is 5.55. The Morgan fingerprint density at radius 2 is 2.04 bits per heavy atom. The average molecular weight is 417 g/mol. The Hall–Kier alpha value is -1.30. The molecule has 2 aliphatic heterocycles. The van der Waals surface area contributed by atoms with Crippen LogP contribution in [0.15, 0.2) is 15.6 Å². The number of allylic oxidation sites excluding steroid dienone is 1. The van der Waals surface area contributed by atoms with E-state index in [-0.39, 0.29) is 23.0 Å². The monoisotopic (exact) mass is 416 g/mol. The number of hydrogen-bond donors (Lipinski definition) is 1. The lowest BCUT2D eigenvalue weighted by molar-refractivity contribution is -0.145. The maximum Gasteiger partial charge on any atom is 0.248 e. The van der Waals surface area contributed by atoms with Gasteiger partial charge in [0, 0.05) is 11.2 Å². The number of nitrogens with zero attached hydrogens (tertiary/aromatic N) is 3. The summed E-state index contributed by atoms with van der Waals surface area (Å²) in [7, 11) is -3.64. The summed E-state index contributed by atoms with van der Waals surface area (Å²) >= 11 is 2.70. The molecule has 0 bridgehead atoms. The lowest BCUT2D eigenvalue weighted by Crippen LogP contribution is -2.73. The molecule has 1 saturated heterocycles. The number of rotatable bonds is 4. The number of aromatic nitrogens is 2. The summed E-state index contributed by atoms with van der Waals surface area (Å²) in [6.45, 7) is 7.04. The van der Waals surface area contributed by atoms with Gasteiger partial charge in [-0.05, 0) is 12.5 Å². The van der Waals surface area contributed by atoms with Gasteiger partial charge in [-0.1, -0.05) is 43.9 Å². The van der Waals surface area contributed by atoms with E-state index < -0.39 is 32.6 Å². The molecule has 1 fully saturated rings. The molecule has 0 aliphatic carbocycles. The Balaban J connectivity index is 2.02. The maximum absolute atomic E-state index is 13.0. The number of fused-ring (bicyclic) bond motifs is 1. The first-order valence-corrected chi connectivity index (χ1v) is 11.4. The van der Waals surface area contributed by atoms with Gasteiger partial charge in [0.05, 0.1) is 11.4 Å². The van der Waals surface area contributed by atoms with Gasteiger partial charge in [0.1, 0.15) is 11.0 Å². The van der Waals surface area contributed by atoms with Crippen molar-refractivity contribution in [2.75, 3.05) is 11.5 Å². The molecule has 0 radical (unpaired) electrons. The Kier molecular flexibility index (Phi) is 4.79. The molecule has 2 aliphatic rings. The zero-order chi connectivity index (χ0) is 19.4. The topological polar surface area (TPSA) is 123 Å². The summed E-state index contributed by atoms with van der Waals surface area (Å²) in [6.07, 6.45) is 0. The van der Waals surface area contributed by atoms with Crippen LogP contribution in [0.1, 0.15) is 25.8 Å². The van der Waals surface area contributed by atoms with E-state index in [2.05, 4.69) is 10.2 Å². The van der Waals surface area contributed by atoms with E-state index in [1.54, 1.807) is 20.8 Å². The normalized spacial score (nSPS) is 25.1. The predicted octanol–water partition coefficient (Wildman–Crippen LogP) is 0.732. The van der Waals surface area contributed by atoms with Gasteiger partial charge in [0.25, 0.3) is 0 Å². The van der Waals surface area contributed by atoms with Gasteiger partial charge < -0.3 is 5.73 Å². The van der Waals surface area contributed by atoms with Crippen molar-refractivity contribution in [2.24, 2.45) is 11.1 Å². The van der Waals surface area contributed by atoms with Crippen LogP contribution in [-0.2, 0) is 19.4 Å². The van der Waals surface area contributed by atoms with Crippen LogP contribution in [0.2, 0.25) is 0 Å². The Morgan fingerprint density at radius 1 is 1.38 bits per heavy atom. The highest BCUT2D eigenvalue weighted by atomic mass is 32.2. The number of carbonyl (C=O) groups excluding carboxylic acids is 2. The zero-order valence-electron chi connectivity index (χ0n) is 14.8. The van der Waals surface area contributed by atoms with E-state index in [0.29, 0.717) is 9.91 Å². The highest BCUT2D eigenvalue weighted by Crippen LogP contribution is 2.40. The van der Waals surface area contributed by atoms with E-state index in [4.69, 9.17) is 5.73 Å². The summed E-state index contributed by atoms with van der Waals surface area (Å²) in [4.78, 5) is 26.3. The van der Waals surface area contributed by atoms with Crippen LogP contribution >= 0.6 is 23.1 Å². The molecule has 1 amide bonds. The molecule has 0 saturated carbocycles. The Bertz CT molecular complexity index is 914. The second kappa shape index (κ2) is 6.39. The van der Waals surface area contributed by atoms with Crippen molar-refractivity contribution in [1.82, 2.24) is 15.1 Å². The number of nitrogens with two attached hydrogens (primary N) is 1. The first-order chi connectivity index (χ1) is 11.9. The third-order valence-corrected chi connectivity index (χ3v) is 8.23. The lowest BCUT2D eigenvalue weighted by atomic mass is 9.85. The average Bonchev–Trinajstić information content (AvgIpc) is 2.94. The minimum atomic E-state index is -3.64. The van der Waals surface area contributed by atoms with Crippen molar-refractivity contribution in [3.63, 3.8) is 0 Å². The van der Waals surface area contributed by atoms with E-state index in [9.17, 15) is 18.0 Å². The van der Waals surface area contributed by atoms with Crippen molar-refractivity contribution < 1.29 is 18.0 Å². The van der Waals surface area contributed by atoms with E-state index >= 15 is 0 Å². The molecular weight excluding hydrogens is 396 g/mol. The molecule has 0 spiro atoms. The molecule has 1 unspecified atom stereocenters. The first kappa shape index (κ1) is 19.5.